The second-order valence-corrected chi connectivity index (χ2v) is 10.8. The van der Waals surface area contributed by atoms with Gasteiger partial charge in [-0.2, -0.15) is 0 Å². The molecule has 2 aliphatic rings. The van der Waals surface area contributed by atoms with E-state index in [9.17, 15) is 4.39 Å². The van der Waals surface area contributed by atoms with Gasteiger partial charge in [0.15, 0.2) is 0 Å². The smallest absolute Gasteiger partial charge is 0.129 e. The van der Waals surface area contributed by atoms with Crippen molar-refractivity contribution in [2.75, 3.05) is 0 Å². The Balaban J connectivity index is 2.30. The second-order valence-electron chi connectivity index (χ2n) is 5.59. The number of fused-ring (bicyclic) bond motifs is 5. The molecule has 2 heterocycles. The van der Waals surface area contributed by atoms with Gasteiger partial charge < -0.3 is 4.74 Å². The minimum absolute atomic E-state index is 0.0302. The maximum atomic E-state index is 14.0. The maximum Gasteiger partial charge on any atom is 0.129 e. The van der Waals surface area contributed by atoms with Gasteiger partial charge >= 0.3 is 0 Å². The first-order valence-corrected chi connectivity index (χ1v) is 9.12. The molecule has 0 aliphatic carbocycles. The predicted molar refractivity (Wildman–Crippen MR) is 64.4 cm³/mol. The van der Waals surface area contributed by atoms with E-state index in [2.05, 4.69) is 31.8 Å². The molecule has 1 aromatic carbocycles. The van der Waals surface area contributed by atoms with Crippen LogP contribution in [-0.4, -0.2) is 8.07 Å². The van der Waals surface area contributed by atoms with Crippen LogP contribution in [0.2, 0.25) is 19.6 Å². The molecule has 0 spiro atoms. The Hall–Kier alpha value is -0.933. The van der Waals surface area contributed by atoms with Gasteiger partial charge in [-0.25, -0.2) is 4.39 Å². The number of ether oxygens (including phenoxy) is 1. The lowest BCUT2D eigenvalue weighted by Crippen LogP contribution is -2.47. The molecule has 0 fully saturated rings. The molecule has 0 aromatic heterocycles. The molecule has 0 radical (unpaired) electrons. The Morgan fingerprint density at radius 1 is 1.31 bits per heavy atom. The fraction of sp³-hybridized carbons (Fsp3) is 0.385. The Morgan fingerprint density at radius 3 is 2.75 bits per heavy atom. The summed E-state index contributed by atoms with van der Waals surface area (Å²) in [6, 6.07) is 5.29. The first kappa shape index (κ1) is 10.2. The molecule has 0 unspecified atom stereocenters. The molecule has 3 heteroatoms. The lowest BCUT2D eigenvalue weighted by atomic mass is 9.96. The van der Waals surface area contributed by atoms with Gasteiger partial charge in [-0.3, -0.25) is 0 Å². The van der Waals surface area contributed by atoms with Crippen molar-refractivity contribution >= 4 is 8.07 Å². The van der Waals surface area contributed by atoms with Gasteiger partial charge in [0.25, 0.3) is 0 Å². The predicted octanol–water partition coefficient (Wildman–Crippen LogP) is 3.54. The Bertz CT molecular complexity index is 489. The fourth-order valence-corrected chi connectivity index (χ4v) is 4.87. The molecule has 84 valence electrons. The van der Waals surface area contributed by atoms with Gasteiger partial charge in [0.2, 0.25) is 0 Å². The third-order valence-corrected chi connectivity index (χ3v) is 6.42. The number of halogens is 1. The number of rotatable bonds is 1. The van der Waals surface area contributed by atoms with E-state index in [1.165, 1.54) is 0 Å². The normalized spacial score (nSPS) is 30.9. The summed E-state index contributed by atoms with van der Waals surface area (Å²) < 4.78 is 20.1. The largest absolute Gasteiger partial charge is 0.358 e. The summed E-state index contributed by atoms with van der Waals surface area (Å²) in [6.07, 6.45) is 4.12. The summed E-state index contributed by atoms with van der Waals surface area (Å²) in [6.45, 7) is 6.67. The second kappa shape index (κ2) is 2.84. The van der Waals surface area contributed by atoms with E-state index in [-0.39, 0.29) is 11.9 Å². The fourth-order valence-electron chi connectivity index (χ4n) is 2.78. The highest BCUT2D eigenvalue weighted by atomic mass is 28.3. The lowest BCUT2D eigenvalue weighted by molar-refractivity contribution is 0.0473. The average molecular weight is 234 g/mol. The minimum atomic E-state index is -1.66. The molecule has 1 aromatic rings. The molecule has 2 bridgehead atoms. The van der Waals surface area contributed by atoms with Crippen molar-refractivity contribution < 1.29 is 9.13 Å². The van der Waals surface area contributed by atoms with Crippen molar-refractivity contribution in [1.82, 2.24) is 0 Å². The molecule has 2 atom stereocenters. The summed E-state index contributed by atoms with van der Waals surface area (Å²) in [7, 11) is -1.66. The summed E-state index contributed by atoms with van der Waals surface area (Å²) in [5.74, 6) is -0.119. The van der Waals surface area contributed by atoms with Gasteiger partial charge in [-0.05, 0) is 11.6 Å². The molecule has 0 saturated heterocycles. The molecule has 2 aliphatic heterocycles. The molecule has 0 amide bonds. The van der Waals surface area contributed by atoms with Crippen molar-refractivity contribution in [2.45, 2.75) is 31.0 Å². The van der Waals surface area contributed by atoms with Crippen molar-refractivity contribution in [3.63, 3.8) is 0 Å². The first-order chi connectivity index (χ1) is 7.46. The highest BCUT2D eigenvalue weighted by molar-refractivity contribution is 6.79. The van der Waals surface area contributed by atoms with Gasteiger partial charge in [0.1, 0.15) is 17.1 Å². The zero-order valence-corrected chi connectivity index (χ0v) is 10.8. The van der Waals surface area contributed by atoms with E-state index < -0.39 is 13.3 Å². The summed E-state index contributed by atoms with van der Waals surface area (Å²) in [4.78, 5) is 0. The van der Waals surface area contributed by atoms with Gasteiger partial charge in [-0.15, -0.1) is 0 Å². The summed E-state index contributed by atoms with van der Waals surface area (Å²) in [5, 5.41) is -0.446. The minimum Gasteiger partial charge on any atom is -0.358 e. The Morgan fingerprint density at radius 2 is 2.06 bits per heavy atom. The van der Waals surface area contributed by atoms with E-state index >= 15 is 0 Å². The van der Waals surface area contributed by atoms with Crippen LogP contribution in [0.25, 0.3) is 0 Å². The lowest BCUT2D eigenvalue weighted by Gasteiger charge is -2.36. The SMILES string of the molecule is C[Si](C)(C)[C@@]12C=C[C@@H](O1)c1cccc(F)c12. The van der Waals surface area contributed by atoms with E-state index in [0.717, 1.165) is 11.1 Å². The van der Waals surface area contributed by atoms with E-state index in [0.29, 0.717) is 0 Å². The van der Waals surface area contributed by atoms with Crippen LogP contribution in [0.1, 0.15) is 17.2 Å². The zero-order chi connectivity index (χ0) is 11.6. The molecule has 3 rings (SSSR count). The van der Waals surface area contributed by atoms with E-state index in [4.69, 9.17) is 4.74 Å². The third kappa shape index (κ3) is 1.03. The van der Waals surface area contributed by atoms with Crippen molar-refractivity contribution in [2.24, 2.45) is 0 Å². The molecule has 0 N–H and O–H groups in total. The first-order valence-electron chi connectivity index (χ1n) is 5.62. The molecule has 0 saturated carbocycles. The molecule has 1 nitrogen and oxygen atoms in total. The number of hydrogen-bond donors (Lipinski definition) is 0. The molecular formula is C13H15FOSi. The average Bonchev–Trinajstić information content (AvgIpc) is 2.74. The Kier molecular flexibility index (Phi) is 1.82. The van der Waals surface area contributed by atoms with Crippen LogP contribution in [0.15, 0.2) is 30.4 Å². The number of hydrogen-bond acceptors (Lipinski definition) is 1. The van der Waals surface area contributed by atoms with Crippen LogP contribution >= 0.6 is 0 Å². The topological polar surface area (TPSA) is 9.23 Å². The molecular weight excluding hydrogens is 219 g/mol. The van der Waals surface area contributed by atoms with Crippen LogP contribution in [-0.2, 0) is 9.96 Å². The van der Waals surface area contributed by atoms with Gasteiger partial charge in [0, 0.05) is 5.56 Å². The standard InChI is InChI=1S/C13H15FOSi/c1-16(2,3)13-8-7-11(15-13)9-5-4-6-10(14)12(9)13/h4-8,11H,1-3H3/t11-,13-/m1/s1. The molecule has 16 heavy (non-hydrogen) atoms. The Labute approximate surface area is 95.9 Å². The van der Waals surface area contributed by atoms with Crippen LogP contribution in [0.4, 0.5) is 4.39 Å². The van der Waals surface area contributed by atoms with Crippen LogP contribution in [0.3, 0.4) is 0 Å². The quantitative estimate of drug-likeness (QED) is 0.533. The van der Waals surface area contributed by atoms with Crippen LogP contribution in [0.5, 0.6) is 0 Å². The summed E-state index contributed by atoms with van der Waals surface area (Å²) >= 11 is 0. The van der Waals surface area contributed by atoms with E-state index in [1.54, 1.807) is 12.1 Å². The van der Waals surface area contributed by atoms with Crippen LogP contribution < -0.4 is 0 Å². The van der Waals surface area contributed by atoms with Gasteiger partial charge in [0.05, 0.1) is 8.07 Å². The summed E-state index contributed by atoms with van der Waals surface area (Å²) in [5.41, 5.74) is 1.81. The van der Waals surface area contributed by atoms with Crippen molar-refractivity contribution in [1.29, 1.82) is 0 Å². The maximum absolute atomic E-state index is 14.0. The highest BCUT2D eigenvalue weighted by Crippen LogP contribution is 2.55. The monoisotopic (exact) mass is 234 g/mol. The van der Waals surface area contributed by atoms with E-state index in [1.807, 2.05) is 6.07 Å². The van der Waals surface area contributed by atoms with Crippen molar-refractivity contribution in [3.05, 3.63) is 47.3 Å². The third-order valence-electron chi connectivity index (χ3n) is 3.66. The zero-order valence-electron chi connectivity index (χ0n) is 9.75. The van der Waals surface area contributed by atoms with Crippen molar-refractivity contribution in [3.8, 4) is 0 Å². The van der Waals surface area contributed by atoms with Crippen LogP contribution in [0, 0.1) is 5.82 Å². The van der Waals surface area contributed by atoms with Gasteiger partial charge in [-0.1, -0.05) is 43.9 Å². The highest BCUT2D eigenvalue weighted by Gasteiger charge is 2.55. The number of benzene rings is 1.